The fourth-order valence-corrected chi connectivity index (χ4v) is 6.43. The van der Waals surface area contributed by atoms with E-state index in [1.807, 2.05) is 13.8 Å². The number of nitrogens with zero attached hydrogens (tertiary/aromatic N) is 2. The summed E-state index contributed by atoms with van der Waals surface area (Å²) in [6.07, 6.45) is 1.39. The normalized spacial score (nSPS) is 16.7. The fraction of sp³-hybridized carbons (Fsp3) is 0.519. The Balaban J connectivity index is 1.76. The van der Waals surface area contributed by atoms with Gasteiger partial charge in [-0.25, -0.2) is 21.6 Å². The van der Waals surface area contributed by atoms with Crippen molar-refractivity contribution in [1.82, 2.24) is 19.9 Å². The highest BCUT2D eigenvalue weighted by atomic mass is 32.2. The summed E-state index contributed by atoms with van der Waals surface area (Å²) < 4.78 is 79.5. The number of halogens is 3. The Morgan fingerprint density at radius 2 is 1.78 bits per heavy atom. The average molecular weight is 601 g/mol. The second-order valence-electron chi connectivity index (χ2n) is 10.2. The quantitative estimate of drug-likeness (QED) is 0.384. The monoisotopic (exact) mass is 600 g/mol. The van der Waals surface area contributed by atoms with Crippen LogP contribution in [0.4, 0.5) is 13.2 Å². The van der Waals surface area contributed by atoms with Crippen molar-refractivity contribution in [3.63, 3.8) is 0 Å². The number of hydrogen-bond donors (Lipinski definition) is 2. The van der Waals surface area contributed by atoms with Gasteiger partial charge in [0, 0.05) is 42.4 Å². The number of ether oxygens (including phenoxy) is 2. The molecule has 0 spiro atoms. The lowest BCUT2D eigenvalue weighted by molar-refractivity contribution is -0.132. The first-order valence-corrected chi connectivity index (χ1v) is 14.8. The molecular weight excluding hydrogens is 565 g/mol. The summed E-state index contributed by atoms with van der Waals surface area (Å²) >= 11 is 0. The molecule has 1 aliphatic rings. The van der Waals surface area contributed by atoms with E-state index in [0.717, 1.165) is 4.31 Å². The molecule has 10 nitrogen and oxygen atoms in total. The van der Waals surface area contributed by atoms with Crippen LogP contribution in [0, 0.1) is 23.4 Å². The third-order valence-electron chi connectivity index (χ3n) is 6.66. The second-order valence-corrected chi connectivity index (χ2v) is 12.1. The standard InChI is InChI=1S/C27H35F3N4O6S/c1-16(2)11-22(25(35)31-14-17-8-9-24(39-3)33-27(17)40-4)32-26(36)23-7-5-6-10-34(23)41(37,38)15-19-20(29)12-18(28)13-21(19)30/h8-9,12-13,16,22-23H,5-7,10-11,14-15H2,1-4H3,(H,31,35)(H,32,36)/t22-,23-/m0/s1. The number of hydrogen-bond acceptors (Lipinski definition) is 7. The van der Waals surface area contributed by atoms with Gasteiger partial charge in [-0.15, -0.1) is 0 Å². The molecule has 2 amide bonds. The first-order chi connectivity index (χ1) is 19.4. The molecule has 1 fully saturated rings. The van der Waals surface area contributed by atoms with E-state index in [0.29, 0.717) is 36.4 Å². The van der Waals surface area contributed by atoms with Crippen LogP contribution in [0.25, 0.3) is 0 Å². The number of carbonyl (C=O) groups is 2. The first kappa shape index (κ1) is 32.1. The lowest BCUT2D eigenvalue weighted by Gasteiger charge is -2.34. The number of methoxy groups -OCH3 is 2. The number of benzene rings is 1. The van der Waals surface area contributed by atoms with Gasteiger partial charge in [0.05, 0.1) is 20.0 Å². The average Bonchev–Trinajstić information content (AvgIpc) is 2.92. The van der Waals surface area contributed by atoms with Gasteiger partial charge >= 0.3 is 0 Å². The fourth-order valence-electron chi connectivity index (χ4n) is 4.63. The number of amides is 2. The summed E-state index contributed by atoms with van der Waals surface area (Å²) in [5, 5.41) is 5.43. The molecule has 226 valence electrons. The summed E-state index contributed by atoms with van der Waals surface area (Å²) in [6.45, 7) is 3.73. The van der Waals surface area contributed by atoms with Crippen LogP contribution in [0.5, 0.6) is 11.8 Å². The number of carbonyl (C=O) groups excluding carboxylic acids is 2. The van der Waals surface area contributed by atoms with Gasteiger partial charge in [0.1, 0.15) is 29.5 Å². The topological polar surface area (TPSA) is 127 Å². The maximum Gasteiger partial charge on any atom is 0.242 e. The lowest BCUT2D eigenvalue weighted by Crippen LogP contribution is -2.56. The van der Waals surface area contributed by atoms with Gasteiger partial charge < -0.3 is 20.1 Å². The Kier molecular flexibility index (Phi) is 11.0. The summed E-state index contributed by atoms with van der Waals surface area (Å²) in [5.74, 6) is -5.52. The molecule has 2 N–H and O–H groups in total. The molecule has 3 rings (SSSR count). The molecule has 2 aromatic rings. The van der Waals surface area contributed by atoms with E-state index in [2.05, 4.69) is 15.6 Å². The molecule has 41 heavy (non-hydrogen) atoms. The van der Waals surface area contributed by atoms with Crippen LogP contribution >= 0.6 is 0 Å². The highest BCUT2D eigenvalue weighted by molar-refractivity contribution is 7.88. The number of aromatic nitrogens is 1. The van der Waals surface area contributed by atoms with E-state index in [-0.39, 0.29) is 37.7 Å². The molecule has 0 unspecified atom stereocenters. The van der Waals surface area contributed by atoms with Crippen LogP contribution in [0.1, 0.15) is 50.7 Å². The van der Waals surface area contributed by atoms with E-state index in [1.54, 1.807) is 12.1 Å². The zero-order valence-electron chi connectivity index (χ0n) is 23.4. The van der Waals surface area contributed by atoms with Gasteiger partial charge in [0.2, 0.25) is 33.6 Å². The van der Waals surface area contributed by atoms with Gasteiger partial charge in [-0.1, -0.05) is 20.3 Å². The Morgan fingerprint density at radius 3 is 2.39 bits per heavy atom. The third kappa shape index (κ3) is 8.32. The lowest BCUT2D eigenvalue weighted by atomic mass is 10.0. The van der Waals surface area contributed by atoms with Crippen molar-refractivity contribution in [2.75, 3.05) is 20.8 Å². The molecule has 14 heteroatoms. The number of piperidine rings is 1. The molecule has 0 bridgehead atoms. The van der Waals surface area contributed by atoms with E-state index in [4.69, 9.17) is 9.47 Å². The van der Waals surface area contributed by atoms with Crippen LogP contribution in [-0.2, 0) is 31.9 Å². The zero-order valence-corrected chi connectivity index (χ0v) is 24.2. The van der Waals surface area contributed by atoms with Gasteiger partial charge in [-0.3, -0.25) is 9.59 Å². The molecular formula is C27H35F3N4O6S. The molecule has 1 saturated heterocycles. The molecule has 1 aliphatic heterocycles. The minimum absolute atomic E-state index is 0.00106. The van der Waals surface area contributed by atoms with E-state index >= 15 is 0 Å². The van der Waals surface area contributed by atoms with E-state index < -0.39 is 62.7 Å². The predicted octanol–water partition coefficient (Wildman–Crippen LogP) is 3.05. The molecule has 0 aliphatic carbocycles. The molecule has 1 aromatic heterocycles. The van der Waals surface area contributed by atoms with Gasteiger partial charge in [0.25, 0.3) is 0 Å². The van der Waals surface area contributed by atoms with Crippen LogP contribution in [-0.4, -0.2) is 62.4 Å². The van der Waals surface area contributed by atoms with E-state index in [9.17, 15) is 31.2 Å². The minimum atomic E-state index is -4.39. The zero-order chi connectivity index (χ0) is 30.3. The Bertz CT molecular complexity index is 1340. The molecule has 2 atom stereocenters. The van der Waals surface area contributed by atoms with Gasteiger partial charge in [-0.2, -0.15) is 9.29 Å². The van der Waals surface area contributed by atoms with Crippen LogP contribution in [0.2, 0.25) is 0 Å². The minimum Gasteiger partial charge on any atom is -0.481 e. The molecule has 2 heterocycles. The Hall–Kier alpha value is -3.39. The summed E-state index contributed by atoms with van der Waals surface area (Å²) in [5.41, 5.74) is -0.238. The van der Waals surface area contributed by atoms with Crippen LogP contribution in [0.3, 0.4) is 0 Å². The smallest absolute Gasteiger partial charge is 0.242 e. The van der Waals surface area contributed by atoms with Crippen molar-refractivity contribution in [1.29, 1.82) is 0 Å². The van der Waals surface area contributed by atoms with E-state index in [1.165, 1.54) is 14.2 Å². The van der Waals surface area contributed by atoms with Crippen molar-refractivity contribution in [3.05, 3.63) is 52.8 Å². The third-order valence-corrected chi connectivity index (χ3v) is 8.46. The van der Waals surface area contributed by atoms with Gasteiger partial charge in [-0.05, 0) is 31.2 Å². The van der Waals surface area contributed by atoms with Crippen LogP contribution < -0.4 is 20.1 Å². The van der Waals surface area contributed by atoms with Crippen LogP contribution in [0.15, 0.2) is 24.3 Å². The Labute approximate surface area is 237 Å². The van der Waals surface area contributed by atoms with Crippen molar-refractivity contribution in [2.45, 2.75) is 63.9 Å². The molecule has 0 saturated carbocycles. The first-order valence-electron chi connectivity index (χ1n) is 13.1. The molecule has 0 radical (unpaired) electrons. The maximum atomic E-state index is 14.2. The summed E-state index contributed by atoms with van der Waals surface area (Å²) in [7, 11) is -1.50. The SMILES string of the molecule is COc1ccc(CNC(=O)[C@H](CC(C)C)NC(=O)[C@@H]2CCCCN2S(=O)(=O)Cc2c(F)cc(F)cc2F)c(OC)n1. The maximum absolute atomic E-state index is 14.2. The van der Waals surface area contributed by atoms with Gasteiger partial charge in [0.15, 0.2) is 0 Å². The number of sulfonamides is 1. The highest BCUT2D eigenvalue weighted by Crippen LogP contribution is 2.26. The van der Waals surface area contributed by atoms with Crippen molar-refractivity contribution < 1.29 is 40.7 Å². The number of pyridine rings is 1. The second kappa shape index (κ2) is 14.0. The van der Waals surface area contributed by atoms with Crippen molar-refractivity contribution >= 4 is 21.8 Å². The summed E-state index contributed by atoms with van der Waals surface area (Å²) in [4.78, 5) is 30.7. The summed E-state index contributed by atoms with van der Waals surface area (Å²) in [6, 6.07) is 1.92. The van der Waals surface area contributed by atoms with Crippen molar-refractivity contribution in [2.24, 2.45) is 5.92 Å². The highest BCUT2D eigenvalue weighted by Gasteiger charge is 2.39. The number of nitrogens with one attached hydrogen (secondary N) is 2. The number of rotatable bonds is 12. The Morgan fingerprint density at radius 1 is 1.10 bits per heavy atom. The molecule has 1 aromatic carbocycles. The largest absolute Gasteiger partial charge is 0.481 e. The predicted molar refractivity (Wildman–Crippen MR) is 144 cm³/mol. The van der Waals surface area contributed by atoms with Crippen molar-refractivity contribution in [3.8, 4) is 11.8 Å².